The molecule has 124 valence electrons. The van der Waals surface area contributed by atoms with Crippen molar-refractivity contribution in [1.82, 2.24) is 10.2 Å². The maximum atomic E-state index is 11.0. The molecule has 0 radical (unpaired) electrons. The van der Waals surface area contributed by atoms with Gasteiger partial charge in [0.05, 0.1) is 12.0 Å². The summed E-state index contributed by atoms with van der Waals surface area (Å²) in [6.07, 6.45) is 4.07. The Bertz CT molecular complexity index is 562. The zero-order chi connectivity index (χ0) is 16.5. The molecule has 2 rings (SSSR count). The van der Waals surface area contributed by atoms with Crippen LogP contribution >= 0.6 is 11.8 Å². The number of amides is 1. The van der Waals surface area contributed by atoms with Gasteiger partial charge >= 0.3 is 0 Å². The van der Waals surface area contributed by atoms with E-state index < -0.39 is 0 Å². The molecule has 0 saturated carbocycles. The number of carbonyl (C=O) groups is 1. The van der Waals surface area contributed by atoms with Gasteiger partial charge < -0.3 is 5.32 Å². The Balaban J connectivity index is 1.89. The van der Waals surface area contributed by atoms with Crippen LogP contribution in [0, 0.1) is 0 Å². The van der Waals surface area contributed by atoms with Crippen LogP contribution in [-0.2, 0) is 11.3 Å². The molecular weight excluding hydrogens is 308 g/mol. The predicted molar refractivity (Wildman–Crippen MR) is 97.9 cm³/mol. The van der Waals surface area contributed by atoms with Crippen LogP contribution in [0.25, 0.3) is 0 Å². The summed E-state index contributed by atoms with van der Waals surface area (Å²) in [6, 6.07) is 8.38. The zero-order valence-electron chi connectivity index (χ0n) is 13.8. The standard InChI is InChI=1S/C17H24N4OS/c1-3-9-21(10-4-2)12-15-7-5-14(6-8-15)11-18-20-17-19-16(22)13-23-17/h5-8,11H,3-4,9-10,12-13H2,1-2H3,(H,19,20,22). The van der Waals surface area contributed by atoms with Gasteiger partial charge in [0.1, 0.15) is 0 Å². The lowest BCUT2D eigenvalue weighted by atomic mass is 10.1. The van der Waals surface area contributed by atoms with Crippen molar-refractivity contribution in [3.05, 3.63) is 35.4 Å². The van der Waals surface area contributed by atoms with E-state index in [4.69, 9.17) is 0 Å². The molecule has 1 amide bonds. The van der Waals surface area contributed by atoms with Crippen molar-refractivity contribution in [2.24, 2.45) is 10.2 Å². The summed E-state index contributed by atoms with van der Waals surface area (Å²) in [5.74, 6) is 0.409. The number of benzene rings is 1. The topological polar surface area (TPSA) is 57.1 Å². The van der Waals surface area contributed by atoms with Gasteiger partial charge in [0.25, 0.3) is 0 Å². The van der Waals surface area contributed by atoms with Crippen LogP contribution in [-0.4, -0.2) is 41.0 Å². The van der Waals surface area contributed by atoms with E-state index in [1.807, 2.05) is 0 Å². The second-order valence-electron chi connectivity index (χ2n) is 5.50. The van der Waals surface area contributed by atoms with Crippen LogP contribution in [0.5, 0.6) is 0 Å². The molecule has 5 nitrogen and oxygen atoms in total. The van der Waals surface area contributed by atoms with Crippen molar-refractivity contribution in [3.8, 4) is 0 Å². The Kier molecular flexibility index (Phi) is 7.29. The number of thioether (sulfide) groups is 1. The lowest BCUT2D eigenvalue weighted by Gasteiger charge is -2.20. The quantitative estimate of drug-likeness (QED) is 0.588. The highest BCUT2D eigenvalue weighted by molar-refractivity contribution is 8.15. The first-order chi connectivity index (χ1) is 11.2. The van der Waals surface area contributed by atoms with E-state index in [1.165, 1.54) is 30.2 Å². The van der Waals surface area contributed by atoms with Crippen LogP contribution in [0.2, 0.25) is 0 Å². The average molecular weight is 332 g/mol. The fourth-order valence-electron chi connectivity index (χ4n) is 2.40. The number of amidine groups is 1. The van der Waals surface area contributed by atoms with E-state index in [2.05, 4.69) is 58.5 Å². The van der Waals surface area contributed by atoms with Gasteiger partial charge in [0.15, 0.2) is 5.17 Å². The van der Waals surface area contributed by atoms with Crippen LogP contribution in [0.4, 0.5) is 0 Å². The molecule has 0 spiro atoms. The van der Waals surface area contributed by atoms with Gasteiger partial charge in [-0.3, -0.25) is 9.69 Å². The average Bonchev–Trinajstić information content (AvgIpc) is 2.95. The Morgan fingerprint density at radius 2 is 1.91 bits per heavy atom. The molecule has 0 bridgehead atoms. The molecule has 0 unspecified atom stereocenters. The van der Waals surface area contributed by atoms with Gasteiger partial charge in [0, 0.05) is 6.54 Å². The minimum Gasteiger partial charge on any atom is -0.303 e. The first-order valence-corrected chi connectivity index (χ1v) is 9.04. The van der Waals surface area contributed by atoms with Gasteiger partial charge in [-0.15, -0.1) is 5.10 Å². The third kappa shape index (κ3) is 6.15. The summed E-state index contributed by atoms with van der Waals surface area (Å²) in [7, 11) is 0. The van der Waals surface area contributed by atoms with Crippen molar-refractivity contribution in [1.29, 1.82) is 0 Å². The van der Waals surface area contributed by atoms with Gasteiger partial charge in [0.2, 0.25) is 5.91 Å². The molecule has 1 aliphatic heterocycles. The molecule has 1 aromatic rings. The first-order valence-electron chi connectivity index (χ1n) is 8.06. The summed E-state index contributed by atoms with van der Waals surface area (Å²) in [6.45, 7) is 7.70. The number of carbonyl (C=O) groups excluding carboxylic acids is 1. The second kappa shape index (κ2) is 9.47. The molecule has 0 aliphatic carbocycles. The fourth-order valence-corrected chi connectivity index (χ4v) is 3.03. The molecule has 1 fully saturated rings. The molecule has 1 N–H and O–H groups in total. The van der Waals surface area contributed by atoms with Gasteiger partial charge in [-0.2, -0.15) is 5.10 Å². The molecular formula is C17H24N4OS. The molecule has 0 atom stereocenters. The fraction of sp³-hybridized carbons (Fsp3) is 0.471. The van der Waals surface area contributed by atoms with Gasteiger partial charge in [-0.1, -0.05) is 49.9 Å². The molecule has 1 aliphatic rings. The van der Waals surface area contributed by atoms with Crippen molar-refractivity contribution in [2.45, 2.75) is 33.2 Å². The van der Waals surface area contributed by atoms with E-state index in [1.54, 1.807) is 6.21 Å². The number of hydrogen-bond acceptors (Lipinski definition) is 5. The highest BCUT2D eigenvalue weighted by Gasteiger charge is 2.15. The smallest absolute Gasteiger partial charge is 0.236 e. The molecule has 1 aromatic carbocycles. The summed E-state index contributed by atoms with van der Waals surface area (Å²) in [4.78, 5) is 13.5. The van der Waals surface area contributed by atoms with E-state index in [0.29, 0.717) is 10.9 Å². The minimum atomic E-state index is -0.0167. The van der Waals surface area contributed by atoms with Gasteiger partial charge in [-0.25, -0.2) is 0 Å². The monoisotopic (exact) mass is 332 g/mol. The van der Waals surface area contributed by atoms with Crippen LogP contribution in [0.1, 0.15) is 37.8 Å². The first kappa shape index (κ1) is 17.7. The third-order valence-electron chi connectivity index (χ3n) is 3.41. The van der Waals surface area contributed by atoms with Crippen LogP contribution in [0.15, 0.2) is 34.5 Å². The van der Waals surface area contributed by atoms with Crippen molar-refractivity contribution >= 4 is 29.1 Å². The third-order valence-corrected chi connectivity index (χ3v) is 4.27. The molecule has 0 aromatic heterocycles. The molecule has 23 heavy (non-hydrogen) atoms. The lowest BCUT2D eigenvalue weighted by Crippen LogP contribution is -2.24. The van der Waals surface area contributed by atoms with Crippen molar-refractivity contribution in [2.75, 3.05) is 18.8 Å². The Hall–Kier alpha value is -1.66. The summed E-state index contributed by atoms with van der Waals surface area (Å²) in [5, 5.41) is 11.2. The van der Waals surface area contributed by atoms with E-state index in [0.717, 1.165) is 25.2 Å². The second-order valence-corrected chi connectivity index (χ2v) is 6.47. The minimum absolute atomic E-state index is 0.0167. The largest absolute Gasteiger partial charge is 0.303 e. The summed E-state index contributed by atoms with van der Waals surface area (Å²) >= 11 is 1.37. The Morgan fingerprint density at radius 3 is 2.48 bits per heavy atom. The summed E-state index contributed by atoms with van der Waals surface area (Å²) < 4.78 is 0. The van der Waals surface area contributed by atoms with Crippen LogP contribution in [0.3, 0.4) is 0 Å². The molecule has 1 heterocycles. The van der Waals surface area contributed by atoms with Crippen LogP contribution < -0.4 is 5.32 Å². The van der Waals surface area contributed by atoms with Crippen molar-refractivity contribution < 1.29 is 4.79 Å². The maximum absolute atomic E-state index is 11.0. The Morgan fingerprint density at radius 1 is 1.22 bits per heavy atom. The maximum Gasteiger partial charge on any atom is 0.236 e. The predicted octanol–water partition coefficient (Wildman–Crippen LogP) is 2.86. The zero-order valence-corrected chi connectivity index (χ0v) is 14.6. The number of rotatable bonds is 8. The van der Waals surface area contributed by atoms with Gasteiger partial charge in [-0.05, 0) is 37.1 Å². The van der Waals surface area contributed by atoms with Crippen molar-refractivity contribution in [3.63, 3.8) is 0 Å². The SMILES string of the molecule is CCCN(CCC)Cc1ccc(C=NN=C2NC(=O)CS2)cc1. The number of hydrogen-bond donors (Lipinski definition) is 1. The van der Waals surface area contributed by atoms with E-state index >= 15 is 0 Å². The Labute approximate surface area is 142 Å². The molecule has 1 saturated heterocycles. The molecule has 6 heteroatoms. The van der Waals surface area contributed by atoms with E-state index in [-0.39, 0.29) is 5.91 Å². The highest BCUT2D eigenvalue weighted by atomic mass is 32.2. The summed E-state index contributed by atoms with van der Waals surface area (Å²) in [5.41, 5.74) is 2.32. The number of nitrogens with zero attached hydrogens (tertiary/aromatic N) is 3. The normalized spacial score (nSPS) is 16.7. The van der Waals surface area contributed by atoms with E-state index in [9.17, 15) is 4.79 Å². The number of nitrogens with one attached hydrogen (secondary N) is 1. The lowest BCUT2D eigenvalue weighted by molar-refractivity contribution is -0.116. The highest BCUT2D eigenvalue weighted by Crippen LogP contribution is 2.10.